The molecule has 0 aliphatic heterocycles. The second kappa shape index (κ2) is 10.3. The Balaban J connectivity index is 1.59. The average Bonchev–Trinajstić information content (AvgIpc) is 3.49. The molecule has 0 saturated heterocycles. The minimum absolute atomic E-state index is 0.0686. The molecule has 0 bridgehead atoms. The number of carbonyl (C=O) groups is 1. The van der Waals surface area contributed by atoms with Crippen molar-refractivity contribution in [2.45, 2.75) is 63.8 Å². The molecule has 38 heavy (non-hydrogen) atoms. The number of nitrogens with one attached hydrogen (secondary N) is 1. The molecule has 200 valence electrons. The largest absolute Gasteiger partial charge is 0.444 e. The first-order chi connectivity index (χ1) is 18.1. The number of amides is 1. The van der Waals surface area contributed by atoms with Crippen molar-refractivity contribution in [1.82, 2.24) is 29.0 Å². The van der Waals surface area contributed by atoms with Crippen LogP contribution in [0, 0.1) is 5.82 Å². The van der Waals surface area contributed by atoms with Crippen LogP contribution in [0.15, 0.2) is 48.8 Å². The summed E-state index contributed by atoms with van der Waals surface area (Å²) < 4.78 is 36.2. The Hall–Kier alpha value is -3.51. The Bertz CT molecular complexity index is 1470. The van der Waals surface area contributed by atoms with Crippen LogP contribution < -0.4 is 5.32 Å². The van der Waals surface area contributed by atoms with Crippen molar-refractivity contribution in [3.05, 3.63) is 54.6 Å². The summed E-state index contributed by atoms with van der Waals surface area (Å²) in [7, 11) is 0. The number of carbonyl (C=O) groups excluding carboxylic acids is 1. The molecule has 2 aromatic heterocycles. The number of imidazole rings is 1. The molecule has 1 amide bonds. The van der Waals surface area contributed by atoms with Crippen LogP contribution in [-0.2, 0) is 4.74 Å². The zero-order valence-electron chi connectivity index (χ0n) is 21.1. The van der Waals surface area contributed by atoms with E-state index in [1.165, 1.54) is 12.4 Å². The third-order valence-electron chi connectivity index (χ3n) is 6.46. The maximum atomic E-state index is 15.0. The molecule has 4 aromatic rings. The molecule has 2 aromatic carbocycles. The van der Waals surface area contributed by atoms with Gasteiger partial charge < -0.3 is 19.7 Å². The smallest absolute Gasteiger partial charge is 0.407 e. The van der Waals surface area contributed by atoms with Gasteiger partial charge in [0.25, 0.3) is 0 Å². The first-order valence-electron chi connectivity index (χ1n) is 12.3. The Kier molecular flexibility index (Phi) is 7.10. The first kappa shape index (κ1) is 26.1. The third kappa shape index (κ3) is 5.23. The van der Waals surface area contributed by atoms with Crippen molar-refractivity contribution < 1.29 is 22.9 Å². The molecule has 2 heterocycles. The normalized spacial score (nSPS) is 20.0. The molecule has 3 atom stereocenters. The van der Waals surface area contributed by atoms with Crippen LogP contribution in [0.4, 0.5) is 13.1 Å². The number of hydrogen-bond donors (Lipinski definition) is 2. The average molecular weight is 543 g/mol. The summed E-state index contributed by atoms with van der Waals surface area (Å²) in [6.45, 7) is 5.31. The van der Waals surface area contributed by atoms with Gasteiger partial charge in [-0.3, -0.25) is 0 Å². The van der Waals surface area contributed by atoms with Gasteiger partial charge in [0.2, 0.25) is 0 Å². The van der Waals surface area contributed by atoms with E-state index in [4.69, 9.17) is 9.72 Å². The number of fused-ring (bicyclic) bond motifs is 1. The van der Waals surface area contributed by atoms with Crippen LogP contribution in [0.2, 0.25) is 0 Å². The van der Waals surface area contributed by atoms with E-state index in [1.807, 2.05) is 4.57 Å². The quantitative estimate of drug-likeness (QED) is 0.345. The Labute approximate surface area is 222 Å². The lowest BCUT2D eigenvalue weighted by Crippen LogP contribution is -2.50. The molecular formula is C26H28F2N6O3S. The van der Waals surface area contributed by atoms with E-state index in [0.717, 1.165) is 4.09 Å². The summed E-state index contributed by atoms with van der Waals surface area (Å²) in [6, 6.07) is 10.6. The van der Waals surface area contributed by atoms with Gasteiger partial charge in [-0.15, -0.1) is 8.98 Å². The SMILES string of the molecule is CC(C)(C)OC(=O)NC1CCCC(n2c(-c3ccccc3F)nc3ccc(-c4ncn(SF)n4)cc32)C1O. The van der Waals surface area contributed by atoms with Gasteiger partial charge in [0.1, 0.15) is 23.6 Å². The second-order valence-electron chi connectivity index (χ2n) is 10.3. The van der Waals surface area contributed by atoms with Gasteiger partial charge in [0.05, 0.1) is 34.8 Å². The number of benzene rings is 2. The summed E-state index contributed by atoms with van der Waals surface area (Å²) in [5.41, 5.74) is 1.43. The number of rotatable bonds is 5. The molecule has 5 rings (SSSR count). The molecule has 9 nitrogen and oxygen atoms in total. The third-order valence-corrected chi connectivity index (χ3v) is 6.78. The van der Waals surface area contributed by atoms with E-state index >= 15 is 0 Å². The molecule has 0 spiro atoms. The predicted molar refractivity (Wildman–Crippen MR) is 140 cm³/mol. The van der Waals surface area contributed by atoms with Crippen molar-refractivity contribution >= 4 is 29.5 Å². The van der Waals surface area contributed by atoms with Crippen LogP contribution in [0.1, 0.15) is 46.1 Å². The number of aliphatic hydroxyl groups is 1. The number of aromatic nitrogens is 5. The first-order valence-corrected chi connectivity index (χ1v) is 13.0. The molecule has 3 unspecified atom stereocenters. The maximum Gasteiger partial charge on any atom is 0.407 e. The molecule has 1 aliphatic carbocycles. The molecule has 1 saturated carbocycles. The summed E-state index contributed by atoms with van der Waals surface area (Å²) in [4.78, 5) is 21.4. The minimum atomic E-state index is -0.997. The fourth-order valence-electron chi connectivity index (χ4n) is 4.87. The number of aliphatic hydroxyl groups excluding tert-OH is 1. The lowest BCUT2D eigenvalue weighted by atomic mass is 9.87. The summed E-state index contributed by atoms with van der Waals surface area (Å²) in [6.07, 6.45) is 1.51. The van der Waals surface area contributed by atoms with Gasteiger partial charge in [-0.2, -0.15) is 4.09 Å². The van der Waals surface area contributed by atoms with Crippen LogP contribution in [0.3, 0.4) is 0 Å². The second-order valence-corrected chi connectivity index (χ2v) is 10.8. The minimum Gasteiger partial charge on any atom is -0.444 e. The Morgan fingerprint density at radius 2 is 2.00 bits per heavy atom. The van der Waals surface area contributed by atoms with E-state index in [1.54, 1.807) is 57.2 Å². The fraction of sp³-hybridized carbons (Fsp3) is 0.385. The molecule has 12 heteroatoms. The van der Waals surface area contributed by atoms with Crippen molar-refractivity contribution in [2.24, 2.45) is 0 Å². The van der Waals surface area contributed by atoms with E-state index in [9.17, 15) is 18.2 Å². The van der Waals surface area contributed by atoms with Gasteiger partial charge >= 0.3 is 6.09 Å². The molecule has 1 fully saturated rings. The van der Waals surface area contributed by atoms with Crippen molar-refractivity contribution in [1.29, 1.82) is 0 Å². The van der Waals surface area contributed by atoms with Crippen LogP contribution in [0.25, 0.3) is 33.8 Å². The van der Waals surface area contributed by atoms with E-state index in [0.29, 0.717) is 47.5 Å². The van der Waals surface area contributed by atoms with Gasteiger partial charge in [-0.1, -0.05) is 12.1 Å². The summed E-state index contributed by atoms with van der Waals surface area (Å²) in [5.74, 6) is 0.222. The van der Waals surface area contributed by atoms with Crippen molar-refractivity contribution in [2.75, 3.05) is 0 Å². The predicted octanol–water partition coefficient (Wildman–Crippen LogP) is 5.46. The summed E-state index contributed by atoms with van der Waals surface area (Å²) >= 11 is -0.0686. The molecule has 0 radical (unpaired) electrons. The highest BCUT2D eigenvalue weighted by Crippen LogP contribution is 2.38. The summed E-state index contributed by atoms with van der Waals surface area (Å²) in [5, 5.41) is 18.4. The number of hydrogen-bond acceptors (Lipinski definition) is 7. The number of halogens is 2. The van der Waals surface area contributed by atoms with Crippen LogP contribution in [-0.4, -0.2) is 52.7 Å². The Morgan fingerprint density at radius 1 is 1.21 bits per heavy atom. The lowest BCUT2D eigenvalue weighted by molar-refractivity contribution is 0.0218. The number of nitrogens with zero attached hydrogens (tertiary/aromatic N) is 5. The highest BCUT2D eigenvalue weighted by atomic mass is 32.2. The highest BCUT2D eigenvalue weighted by Gasteiger charge is 2.37. The highest BCUT2D eigenvalue weighted by molar-refractivity contribution is 7.92. The van der Waals surface area contributed by atoms with E-state index in [-0.39, 0.29) is 17.9 Å². The van der Waals surface area contributed by atoms with Gasteiger partial charge in [-0.05, 0) is 70.4 Å². The van der Waals surface area contributed by atoms with Gasteiger partial charge in [-0.25, -0.2) is 19.2 Å². The number of ether oxygens (including phenoxy) is 1. The monoisotopic (exact) mass is 542 g/mol. The van der Waals surface area contributed by atoms with Crippen molar-refractivity contribution in [3.63, 3.8) is 0 Å². The van der Waals surface area contributed by atoms with Gasteiger partial charge in [0, 0.05) is 5.56 Å². The fourth-order valence-corrected chi connectivity index (χ4v) is 5.06. The zero-order valence-corrected chi connectivity index (χ0v) is 22.0. The van der Waals surface area contributed by atoms with E-state index < -0.39 is 35.7 Å². The van der Waals surface area contributed by atoms with Gasteiger partial charge in [0.15, 0.2) is 18.2 Å². The number of alkyl carbamates (subject to hydrolysis) is 1. The standard InChI is InChI=1S/C26H28F2N6O3S/c1-26(2,3)37-25(36)31-19-9-6-10-20(22(19)35)34-21-13-15(23-29-14-33(32-23)38-28)11-12-18(21)30-24(34)16-7-4-5-8-17(16)27/h4-5,7-8,11-14,19-20,22,35H,6,9-10H2,1-3H3,(H,31,36). The maximum absolute atomic E-state index is 15.0. The Morgan fingerprint density at radius 3 is 2.71 bits per heavy atom. The van der Waals surface area contributed by atoms with Crippen LogP contribution in [0.5, 0.6) is 0 Å². The zero-order chi connectivity index (χ0) is 27.0. The van der Waals surface area contributed by atoms with Crippen LogP contribution >= 0.6 is 12.3 Å². The van der Waals surface area contributed by atoms with E-state index in [2.05, 4.69) is 15.4 Å². The molecule has 1 aliphatic rings. The molecule has 2 N–H and O–H groups in total. The topological polar surface area (TPSA) is 107 Å². The van der Waals surface area contributed by atoms with Crippen molar-refractivity contribution in [3.8, 4) is 22.8 Å². The lowest BCUT2D eigenvalue weighted by Gasteiger charge is -2.37. The molecular weight excluding hydrogens is 514 g/mol.